The first kappa shape index (κ1) is 18.0. The van der Waals surface area contributed by atoms with Crippen LogP contribution in [-0.2, 0) is 20.0 Å². The Balaban J connectivity index is 1.85. The van der Waals surface area contributed by atoms with Gasteiger partial charge in [0, 0.05) is 6.54 Å². The summed E-state index contributed by atoms with van der Waals surface area (Å²) in [4.78, 5) is 0.0329. The topological polar surface area (TPSA) is 83.6 Å². The van der Waals surface area contributed by atoms with Gasteiger partial charge in [0.25, 0.3) is 10.0 Å². The molecule has 134 valence electrons. The van der Waals surface area contributed by atoms with E-state index >= 15 is 0 Å². The van der Waals surface area contributed by atoms with E-state index in [1.165, 1.54) is 28.6 Å². The first-order valence-corrected chi connectivity index (χ1v) is 11.1. The maximum atomic E-state index is 12.5. The van der Waals surface area contributed by atoms with Crippen molar-refractivity contribution in [2.24, 2.45) is 0 Å². The smallest absolute Gasteiger partial charge is 0.261 e. The van der Waals surface area contributed by atoms with E-state index in [1.807, 2.05) is 0 Å². The Morgan fingerprint density at radius 1 is 1.00 bits per heavy atom. The third-order valence-corrected chi connectivity index (χ3v) is 7.48. The van der Waals surface area contributed by atoms with E-state index in [2.05, 4.69) is 4.72 Å². The number of halogens is 1. The van der Waals surface area contributed by atoms with Crippen LogP contribution < -0.4 is 9.03 Å². The molecule has 0 aromatic heterocycles. The highest BCUT2D eigenvalue weighted by Crippen LogP contribution is 2.27. The highest BCUT2D eigenvalue weighted by atomic mass is 35.5. The van der Waals surface area contributed by atoms with Gasteiger partial charge in [0.15, 0.2) is 0 Å². The molecule has 9 heteroatoms. The molecule has 0 aliphatic carbocycles. The van der Waals surface area contributed by atoms with Crippen molar-refractivity contribution in [2.75, 3.05) is 21.3 Å². The lowest BCUT2D eigenvalue weighted by molar-refractivity contribution is 0.574. The summed E-state index contributed by atoms with van der Waals surface area (Å²) in [7, 11) is -7.14. The number of para-hydroxylation sites is 1. The van der Waals surface area contributed by atoms with Crippen LogP contribution in [0.2, 0.25) is 5.02 Å². The number of hydrogen-bond donors (Lipinski definition) is 1. The molecule has 0 bridgehead atoms. The average molecular weight is 401 g/mol. The van der Waals surface area contributed by atoms with E-state index in [-0.39, 0.29) is 16.3 Å². The zero-order chi connectivity index (χ0) is 18.1. The van der Waals surface area contributed by atoms with Crippen LogP contribution in [0.1, 0.15) is 12.8 Å². The zero-order valence-corrected chi connectivity index (χ0v) is 15.6. The van der Waals surface area contributed by atoms with Gasteiger partial charge in [-0.25, -0.2) is 16.8 Å². The second kappa shape index (κ2) is 6.86. The highest BCUT2D eigenvalue weighted by Gasteiger charge is 2.26. The van der Waals surface area contributed by atoms with E-state index in [4.69, 9.17) is 11.6 Å². The summed E-state index contributed by atoms with van der Waals surface area (Å²) >= 11 is 5.98. The van der Waals surface area contributed by atoms with Crippen molar-refractivity contribution in [3.63, 3.8) is 0 Å². The van der Waals surface area contributed by atoms with Crippen molar-refractivity contribution in [3.05, 3.63) is 53.6 Å². The number of benzene rings is 2. The molecule has 0 saturated carbocycles. The van der Waals surface area contributed by atoms with E-state index in [0.717, 1.165) is 6.42 Å². The summed E-state index contributed by atoms with van der Waals surface area (Å²) < 4.78 is 52.9. The van der Waals surface area contributed by atoms with Crippen LogP contribution in [0.3, 0.4) is 0 Å². The second-order valence-electron chi connectivity index (χ2n) is 5.67. The molecule has 0 amide bonds. The van der Waals surface area contributed by atoms with Gasteiger partial charge in [-0.2, -0.15) is 0 Å². The number of sulfonamides is 2. The molecule has 2 aromatic rings. The summed E-state index contributed by atoms with van der Waals surface area (Å²) in [6.45, 7) is 0.409. The Kier molecular flexibility index (Phi) is 4.95. The van der Waals surface area contributed by atoms with Crippen LogP contribution in [0, 0.1) is 0 Å². The van der Waals surface area contributed by atoms with Crippen molar-refractivity contribution in [1.29, 1.82) is 0 Å². The summed E-state index contributed by atoms with van der Waals surface area (Å²) in [5, 5.41) is 0.294. The zero-order valence-electron chi connectivity index (χ0n) is 13.2. The molecule has 3 rings (SSSR count). The third-order valence-electron chi connectivity index (χ3n) is 3.90. The molecular formula is C16H17ClN2O4S2. The van der Waals surface area contributed by atoms with Gasteiger partial charge in [0.05, 0.1) is 27.0 Å². The number of rotatable bonds is 4. The molecule has 0 unspecified atom stereocenters. The van der Waals surface area contributed by atoms with Gasteiger partial charge in [-0.05, 0) is 49.2 Å². The summed E-state index contributed by atoms with van der Waals surface area (Å²) in [5.74, 6) is 0.112. The van der Waals surface area contributed by atoms with Crippen LogP contribution in [0.25, 0.3) is 0 Å². The number of hydrogen-bond acceptors (Lipinski definition) is 4. The van der Waals surface area contributed by atoms with Gasteiger partial charge in [-0.3, -0.25) is 9.03 Å². The van der Waals surface area contributed by atoms with Crippen molar-refractivity contribution < 1.29 is 16.8 Å². The molecular weight excluding hydrogens is 384 g/mol. The summed E-state index contributed by atoms with van der Waals surface area (Å²) in [6, 6.07) is 12.3. The van der Waals surface area contributed by atoms with Crippen LogP contribution in [-0.4, -0.2) is 29.1 Å². The lowest BCUT2D eigenvalue weighted by Gasteiger charge is -2.28. The lowest BCUT2D eigenvalue weighted by Crippen LogP contribution is -2.37. The van der Waals surface area contributed by atoms with Crippen molar-refractivity contribution in [1.82, 2.24) is 0 Å². The quantitative estimate of drug-likeness (QED) is 0.854. The van der Waals surface area contributed by atoms with Gasteiger partial charge in [0.1, 0.15) is 0 Å². The highest BCUT2D eigenvalue weighted by molar-refractivity contribution is 7.93. The molecule has 0 radical (unpaired) electrons. The molecule has 25 heavy (non-hydrogen) atoms. The van der Waals surface area contributed by atoms with Gasteiger partial charge in [-0.15, -0.1) is 0 Å². The van der Waals surface area contributed by atoms with E-state index in [0.29, 0.717) is 23.7 Å². The normalized spacial score (nSPS) is 17.2. The van der Waals surface area contributed by atoms with E-state index in [1.54, 1.807) is 24.3 Å². The summed E-state index contributed by atoms with van der Waals surface area (Å²) in [6.07, 6.45) is 1.43. The minimum atomic E-state index is -3.81. The molecule has 1 fully saturated rings. The van der Waals surface area contributed by atoms with Gasteiger partial charge >= 0.3 is 0 Å². The second-order valence-corrected chi connectivity index (χ2v) is 9.78. The Morgan fingerprint density at radius 3 is 2.32 bits per heavy atom. The van der Waals surface area contributed by atoms with Crippen molar-refractivity contribution in [2.45, 2.75) is 17.7 Å². The average Bonchev–Trinajstić information content (AvgIpc) is 2.57. The van der Waals surface area contributed by atoms with Gasteiger partial charge in [0.2, 0.25) is 10.0 Å². The number of nitrogens with zero attached hydrogens (tertiary/aromatic N) is 1. The fourth-order valence-electron chi connectivity index (χ4n) is 2.62. The first-order valence-electron chi connectivity index (χ1n) is 7.67. The van der Waals surface area contributed by atoms with Crippen LogP contribution in [0.15, 0.2) is 53.4 Å². The Morgan fingerprint density at radius 2 is 1.68 bits per heavy atom. The van der Waals surface area contributed by atoms with E-state index in [9.17, 15) is 16.8 Å². The SMILES string of the molecule is O=S(=O)(Nc1ccccc1Cl)c1ccc(N2CCCCS2(=O)=O)cc1. The lowest BCUT2D eigenvalue weighted by atomic mass is 10.3. The number of anilines is 2. The Hall–Kier alpha value is -1.77. The maximum absolute atomic E-state index is 12.5. The summed E-state index contributed by atoms with van der Waals surface area (Å²) in [5.41, 5.74) is 0.753. The molecule has 1 aliphatic rings. The van der Waals surface area contributed by atoms with Crippen LogP contribution in [0.5, 0.6) is 0 Å². The molecule has 0 spiro atoms. The third kappa shape index (κ3) is 3.91. The van der Waals surface area contributed by atoms with Crippen LogP contribution in [0.4, 0.5) is 11.4 Å². The van der Waals surface area contributed by atoms with Crippen molar-refractivity contribution >= 4 is 43.0 Å². The monoisotopic (exact) mass is 400 g/mol. The Bertz CT molecular complexity index is 973. The molecule has 1 aliphatic heterocycles. The fraction of sp³-hybridized carbons (Fsp3) is 0.250. The largest absolute Gasteiger partial charge is 0.278 e. The van der Waals surface area contributed by atoms with E-state index < -0.39 is 20.0 Å². The predicted octanol–water partition coefficient (Wildman–Crippen LogP) is 3.07. The molecule has 0 atom stereocenters. The number of nitrogens with one attached hydrogen (secondary N) is 1. The minimum absolute atomic E-state index is 0.0329. The molecule has 1 N–H and O–H groups in total. The molecule has 6 nitrogen and oxygen atoms in total. The first-order chi connectivity index (χ1) is 11.8. The van der Waals surface area contributed by atoms with Gasteiger partial charge in [-0.1, -0.05) is 23.7 Å². The molecule has 1 heterocycles. The Labute approximate surface area is 152 Å². The maximum Gasteiger partial charge on any atom is 0.261 e. The van der Waals surface area contributed by atoms with Crippen LogP contribution >= 0.6 is 11.6 Å². The minimum Gasteiger partial charge on any atom is -0.278 e. The van der Waals surface area contributed by atoms with Gasteiger partial charge < -0.3 is 0 Å². The van der Waals surface area contributed by atoms with Crippen molar-refractivity contribution in [3.8, 4) is 0 Å². The molecule has 2 aromatic carbocycles. The molecule has 1 saturated heterocycles. The predicted molar refractivity (Wildman–Crippen MR) is 99.1 cm³/mol. The standard InChI is InChI=1S/C16H17ClN2O4S2/c17-15-5-1-2-6-16(15)18-25(22,23)14-9-7-13(8-10-14)19-11-3-4-12-24(19,20)21/h1-2,5-10,18H,3-4,11-12H2. The fourth-order valence-corrected chi connectivity index (χ4v) is 5.58.